The van der Waals surface area contributed by atoms with Gasteiger partial charge in [-0.05, 0) is 108 Å². The number of rotatable bonds is 5. The van der Waals surface area contributed by atoms with Gasteiger partial charge in [0.15, 0.2) is 0 Å². The second kappa shape index (κ2) is 5.35. The summed E-state index contributed by atoms with van der Waals surface area (Å²) >= 11 is 0. The van der Waals surface area contributed by atoms with Crippen molar-refractivity contribution in [3.05, 3.63) is 0 Å². The fourth-order valence-electron chi connectivity index (χ4n) is 5.44. The van der Waals surface area contributed by atoms with Gasteiger partial charge >= 0.3 is 0 Å². The third-order valence-corrected chi connectivity index (χ3v) is 7.93. The molecule has 0 aromatic rings. The normalized spacial score (nSPS) is 39.0. The van der Waals surface area contributed by atoms with Gasteiger partial charge in [-0.15, -0.1) is 0 Å². The smallest absolute Gasteiger partial charge is 0.233 e. The van der Waals surface area contributed by atoms with Crippen LogP contribution < -0.4 is 0 Å². The zero-order valence-electron chi connectivity index (χ0n) is 14.7. The quantitative estimate of drug-likeness (QED) is 0.377. The van der Waals surface area contributed by atoms with Crippen LogP contribution in [0.4, 0.5) is 0 Å². The van der Waals surface area contributed by atoms with Crippen molar-refractivity contribution in [2.24, 2.45) is 23.2 Å². The minimum absolute atomic E-state index is 0.190. The molecule has 21 heavy (non-hydrogen) atoms. The van der Waals surface area contributed by atoms with Crippen molar-refractivity contribution in [3.63, 3.8) is 0 Å². The van der Waals surface area contributed by atoms with Crippen molar-refractivity contribution >= 4 is 8.32 Å². The van der Waals surface area contributed by atoms with E-state index in [0.29, 0.717) is 5.41 Å². The van der Waals surface area contributed by atoms with Crippen molar-refractivity contribution in [1.82, 2.24) is 0 Å². The second-order valence-corrected chi connectivity index (χ2v) is 14.1. The topological polar surface area (TPSA) is 18.5 Å². The van der Waals surface area contributed by atoms with Crippen LogP contribution in [-0.4, -0.2) is 13.9 Å². The van der Waals surface area contributed by atoms with Crippen molar-refractivity contribution < 1.29 is 9.46 Å². The van der Waals surface area contributed by atoms with E-state index in [-0.39, 0.29) is 5.60 Å². The third-order valence-electron chi connectivity index (χ3n) is 5.94. The van der Waals surface area contributed by atoms with E-state index in [9.17, 15) is 0 Å². The molecule has 2 nitrogen and oxygen atoms in total. The van der Waals surface area contributed by atoms with Crippen molar-refractivity contribution in [2.75, 3.05) is 0 Å². The van der Waals surface area contributed by atoms with E-state index in [1.807, 2.05) is 0 Å². The Labute approximate surface area is 132 Å². The molecule has 0 radical (unpaired) electrons. The summed E-state index contributed by atoms with van der Waals surface area (Å²) < 4.78 is 5.90. The predicted molar refractivity (Wildman–Crippen MR) is 89.4 cm³/mol. The predicted octanol–water partition coefficient (Wildman–Crippen LogP) is 5.54. The number of hydrogen-bond donors (Lipinski definition) is 0. The van der Waals surface area contributed by atoms with Crippen LogP contribution in [0.25, 0.3) is 0 Å². The summed E-state index contributed by atoms with van der Waals surface area (Å²) in [5, 5.41) is 0. The van der Waals surface area contributed by atoms with E-state index >= 15 is 0 Å². The van der Waals surface area contributed by atoms with Crippen molar-refractivity contribution in [3.8, 4) is 0 Å². The van der Waals surface area contributed by atoms with Gasteiger partial charge in [0.05, 0.1) is 5.60 Å². The molecule has 122 valence electrons. The molecule has 4 fully saturated rings. The van der Waals surface area contributed by atoms with Crippen LogP contribution in [0.15, 0.2) is 0 Å². The van der Waals surface area contributed by atoms with Crippen LogP contribution in [0.2, 0.25) is 19.1 Å². The first-order chi connectivity index (χ1) is 9.65. The highest BCUT2D eigenvalue weighted by molar-refractivity contribution is 6.70. The van der Waals surface area contributed by atoms with E-state index in [4.69, 9.17) is 9.46 Å². The fourth-order valence-corrected chi connectivity index (χ4v) is 7.13. The maximum absolute atomic E-state index is 5.90. The summed E-state index contributed by atoms with van der Waals surface area (Å²) in [6, 6.07) is 1.26. The van der Waals surface area contributed by atoms with Crippen LogP contribution in [-0.2, 0) is 9.46 Å². The lowest BCUT2D eigenvalue weighted by Crippen LogP contribution is -2.47. The minimum atomic E-state index is -1.69. The molecular weight excluding hydrogens is 276 g/mol. The molecular formula is C18H34O2Si. The van der Waals surface area contributed by atoms with E-state index in [0.717, 1.165) is 17.8 Å². The Balaban J connectivity index is 1.55. The second-order valence-electron chi connectivity index (χ2n) is 9.96. The molecule has 0 N–H and O–H groups in total. The summed E-state index contributed by atoms with van der Waals surface area (Å²) in [5.41, 5.74) is 0.495. The zero-order valence-corrected chi connectivity index (χ0v) is 15.7. The monoisotopic (exact) mass is 310 g/mol. The Morgan fingerprint density at radius 3 is 1.86 bits per heavy atom. The van der Waals surface area contributed by atoms with Gasteiger partial charge in [-0.3, -0.25) is 4.58 Å². The average Bonchev–Trinajstić information content (AvgIpc) is 2.32. The van der Waals surface area contributed by atoms with E-state index in [2.05, 4.69) is 33.9 Å². The fraction of sp³-hybridized carbons (Fsp3) is 1.00. The first-order valence-corrected chi connectivity index (χ1v) is 12.1. The van der Waals surface area contributed by atoms with E-state index in [1.54, 1.807) is 19.3 Å². The Morgan fingerprint density at radius 2 is 1.43 bits per heavy atom. The highest BCUT2D eigenvalue weighted by atomic mass is 28.4. The third kappa shape index (κ3) is 3.91. The lowest BCUT2D eigenvalue weighted by molar-refractivity contribution is -0.285. The maximum atomic E-state index is 5.90. The van der Waals surface area contributed by atoms with Crippen LogP contribution in [0.5, 0.6) is 0 Å². The largest absolute Gasteiger partial charge is 0.286 e. The van der Waals surface area contributed by atoms with Gasteiger partial charge in [-0.1, -0.05) is 0 Å². The molecule has 0 unspecified atom stereocenters. The first-order valence-electron chi connectivity index (χ1n) is 9.02. The molecule has 0 aliphatic heterocycles. The molecule has 0 amide bonds. The van der Waals surface area contributed by atoms with E-state index < -0.39 is 8.32 Å². The van der Waals surface area contributed by atoms with Gasteiger partial charge in [0.25, 0.3) is 0 Å². The molecule has 4 rings (SSSR count). The van der Waals surface area contributed by atoms with Crippen LogP contribution >= 0.6 is 0 Å². The summed E-state index contributed by atoms with van der Waals surface area (Å²) in [6.07, 6.45) is 10.6. The van der Waals surface area contributed by atoms with Crippen LogP contribution in [0, 0.1) is 23.2 Å². The van der Waals surface area contributed by atoms with Gasteiger partial charge in [0, 0.05) is 0 Å². The lowest BCUT2D eigenvalue weighted by Gasteiger charge is -2.57. The Morgan fingerprint density at radius 1 is 0.952 bits per heavy atom. The highest BCUT2D eigenvalue weighted by Gasteiger charge is 2.51. The molecule has 0 heterocycles. The molecule has 4 saturated carbocycles. The Kier molecular flexibility index (Phi) is 4.08. The molecule has 4 bridgehead atoms. The van der Waals surface area contributed by atoms with Gasteiger partial charge in [0.2, 0.25) is 8.32 Å². The lowest BCUT2D eigenvalue weighted by atomic mass is 9.49. The summed E-state index contributed by atoms with van der Waals surface area (Å²) in [5.74, 6) is 3.19. The van der Waals surface area contributed by atoms with Gasteiger partial charge in [0.1, 0.15) is 0 Å². The molecule has 0 spiro atoms. The SMILES string of the molecule is CC(C)(C)OO[Si](C)(C)CCC12CC3CC(CC(C3)C1)C2. The number of hydrogen-bond acceptors (Lipinski definition) is 2. The van der Waals surface area contributed by atoms with Gasteiger partial charge in [-0.2, -0.15) is 0 Å². The molecule has 3 heteroatoms. The first kappa shape index (κ1) is 16.0. The van der Waals surface area contributed by atoms with Crippen molar-refractivity contribution in [2.45, 2.75) is 90.5 Å². The maximum Gasteiger partial charge on any atom is 0.233 e. The molecule has 0 aromatic heterocycles. The average molecular weight is 311 g/mol. The molecule has 4 aliphatic carbocycles. The molecule has 0 atom stereocenters. The van der Waals surface area contributed by atoms with Crippen LogP contribution in [0.3, 0.4) is 0 Å². The minimum Gasteiger partial charge on any atom is -0.286 e. The molecule has 4 aliphatic rings. The van der Waals surface area contributed by atoms with Crippen molar-refractivity contribution in [1.29, 1.82) is 0 Å². The molecule has 0 aromatic carbocycles. The summed E-state index contributed by atoms with van der Waals surface area (Å²) in [4.78, 5) is 5.63. The zero-order chi connectivity index (χ0) is 15.3. The summed E-state index contributed by atoms with van der Waals surface area (Å²) in [6.45, 7) is 10.8. The Bertz CT molecular complexity index is 348. The van der Waals surface area contributed by atoms with E-state index in [1.165, 1.54) is 31.7 Å². The van der Waals surface area contributed by atoms with Gasteiger partial charge in [-0.25, -0.2) is 4.89 Å². The van der Waals surface area contributed by atoms with Gasteiger partial charge < -0.3 is 0 Å². The molecule has 0 saturated heterocycles. The Hall–Kier alpha value is 0.137. The highest BCUT2D eigenvalue weighted by Crippen LogP contribution is 2.61. The summed E-state index contributed by atoms with van der Waals surface area (Å²) in [7, 11) is -1.69. The van der Waals surface area contributed by atoms with Crippen LogP contribution in [0.1, 0.15) is 65.7 Å². The standard InChI is InChI=1S/C18H34O2Si/c1-17(2,3)19-20-21(4,5)7-6-18-11-14-8-15(12-18)10-16(9-14)13-18/h14-16H,6-13H2,1-5H3.